The first-order valence-corrected chi connectivity index (χ1v) is 10.9. The van der Waals surface area contributed by atoms with Gasteiger partial charge in [-0.3, -0.25) is 4.79 Å². The molecule has 0 saturated heterocycles. The maximum atomic E-state index is 11.9. The lowest BCUT2D eigenvalue weighted by Crippen LogP contribution is -2.34. The monoisotopic (exact) mass is 392 g/mol. The van der Waals surface area contributed by atoms with Crippen LogP contribution in [-0.4, -0.2) is 38.5 Å². The SMILES string of the molecule is CC(C)c1ccc(Sc2ccc(NC(=O)CN(C)S(C)(=O)=O)cc2)cc1. The van der Waals surface area contributed by atoms with Gasteiger partial charge in [-0.2, -0.15) is 4.31 Å². The average Bonchev–Trinajstić information content (AvgIpc) is 2.56. The molecule has 0 spiro atoms. The molecule has 0 bridgehead atoms. The van der Waals surface area contributed by atoms with Gasteiger partial charge >= 0.3 is 0 Å². The predicted molar refractivity (Wildman–Crippen MR) is 107 cm³/mol. The Hall–Kier alpha value is -1.83. The van der Waals surface area contributed by atoms with E-state index in [1.165, 1.54) is 12.6 Å². The van der Waals surface area contributed by atoms with Gasteiger partial charge in [0, 0.05) is 22.5 Å². The molecule has 5 nitrogen and oxygen atoms in total. The van der Waals surface area contributed by atoms with Crippen LogP contribution in [0.2, 0.25) is 0 Å². The molecule has 2 aromatic carbocycles. The molecule has 0 heterocycles. The first kappa shape index (κ1) is 20.5. The average molecular weight is 393 g/mol. The van der Waals surface area contributed by atoms with Gasteiger partial charge in [0.2, 0.25) is 15.9 Å². The molecule has 2 rings (SSSR count). The van der Waals surface area contributed by atoms with Gasteiger partial charge in [0.15, 0.2) is 0 Å². The number of carbonyl (C=O) groups excluding carboxylic acids is 1. The standard InChI is InChI=1S/C19H24N2O3S2/c1-14(2)15-5-9-17(10-6-15)25-18-11-7-16(8-12-18)20-19(22)13-21(3)26(4,23)24/h5-12,14H,13H2,1-4H3,(H,20,22). The molecule has 0 saturated carbocycles. The van der Waals surface area contributed by atoms with Crippen molar-refractivity contribution in [2.24, 2.45) is 0 Å². The van der Waals surface area contributed by atoms with Crippen molar-refractivity contribution in [3.63, 3.8) is 0 Å². The van der Waals surface area contributed by atoms with Crippen LogP contribution in [0, 0.1) is 0 Å². The number of rotatable bonds is 7. The van der Waals surface area contributed by atoms with Gasteiger partial charge in [0.25, 0.3) is 0 Å². The van der Waals surface area contributed by atoms with E-state index in [0.717, 1.165) is 20.4 Å². The van der Waals surface area contributed by atoms with E-state index in [-0.39, 0.29) is 12.5 Å². The van der Waals surface area contributed by atoms with Gasteiger partial charge in [-0.25, -0.2) is 8.42 Å². The van der Waals surface area contributed by atoms with Gasteiger partial charge in [0.1, 0.15) is 0 Å². The topological polar surface area (TPSA) is 66.5 Å². The van der Waals surface area contributed by atoms with Crippen LogP contribution in [0.4, 0.5) is 5.69 Å². The fraction of sp³-hybridized carbons (Fsp3) is 0.316. The van der Waals surface area contributed by atoms with Crippen LogP contribution < -0.4 is 5.32 Å². The van der Waals surface area contributed by atoms with Crippen LogP contribution in [0.5, 0.6) is 0 Å². The minimum absolute atomic E-state index is 0.211. The van der Waals surface area contributed by atoms with E-state index >= 15 is 0 Å². The number of likely N-dealkylation sites (N-methyl/N-ethyl adjacent to an activating group) is 1. The van der Waals surface area contributed by atoms with Gasteiger partial charge in [-0.1, -0.05) is 37.7 Å². The zero-order chi connectivity index (χ0) is 19.3. The molecule has 0 atom stereocenters. The number of benzene rings is 2. The quantitative estimate of drug-likeness (QED) is 0.778. The lowest BCUT2D eigenvalue weighted by Gasteiger charge is -2.13. The van der Waals surface area contributed by atoms with Crippen molar-refractivity contribution in [3.05, 3.63) is 54.1 Å². The number of anilines is 1. The van der Waals surface area contributed by atoms with E-state index in [2.05, 4.69) is 43.4 Å². The number of carbonyl (C=O) groups is 1. The molecular formula is C19H24N2O3S2. The van der Waals surface area contributed by atoms with Crippen molar-refractivity contribution in [2.45, 2.75) is 29.6 Å². The summed E-state index contributed by atoms with van der Waals surface area (Å²) in [6.07, 6.45) is 1.07. The van der Waals surface area contributed by atoms with E-state index < -0.39 is 10.0 Å². The summed E-state index contributed by atoms with van der Waals surface area (Å²) in [6.45, 7) is 4.13. The molecule has 0 aliphatic heterocycles. The minimum Gasteiger partial charge on any atom is -0.325 e. The second kappa shape index (κ2) is 8.70. The zero-order valence-corrected chi connectivity index (χ0v) is 17.0. The smallest absolute Gasteiger partial charge is 0.239 e. The Morgan fingerprint density at radius 1 is 1.04 bits per heavy atom. The molecule has 0 radical (unpaired) electrons. The third kappa shape index (κ3) is 6.16. The van der Waals surface area contributed by atoms with Crippen LogP contribution in [0.25, 0.3) is 0 Å². The third-order valence-corrected chi connectivity index (χ3v) is 6.13. The molecule has 2 aromatic rings. The predicted octanol–water partition coefficient (Wildman–Crippen LogP) is 3.79. The highest BCUT2D eigenvalue weighted by atomic mass is 32.2. The third-order valence-electron chi connectivity index (χ3n) is 3.85. The summed E-state index contributed by atoms with van der Waals surface area (Å²) in [6, 6.07) is 16.0. The van der Waals surface area contributed by atoms with Crippen molar-refractivity contribution in [2.75, 3.05) is 25.2 Å². The zero-order valence-electron chi connectivity index (χ0n) is 15.4. The van der Waals surface area contributed by atoms with Crippen LogP contribution in [0.15, 0.2) is 58.3 Å². The Morgan fingerprint density at radius 2 is 1.54 bits per heavy atom. The van der Waals surface area contributed by atoms with E-state index in [9.17, 15) is 13.2 Å². The van der Waals surface area contributed by atoms with Crippen molar-refractivity contribution in [1.29, 1.82) is 0 Å². The molecular weight excluding hydrogens is 368 g/mol. The molecule has 140 valence electrons. The lowest BCUT2D eigenvalue weighted by molar-refractivity contribution is -0.116. The van der Waals surface area contributed by atoms with Gasteiger partial charge in [0.05, 0.1) is 12.8 Å². The number of hydrogen-bond donors (Lipinski definition) is 1. The number of amides is 1. The van der Waals surface area contributed by atoms with Crippen LogP contribution >= 0.6 is 11.8 Å². The first-order chi connectivity index (χ1) is 12.1. The van der Waals surface area contributed by atoms with Gasteiger partial charge in [-0.15, -0.1) is 0 Å². The Morgan fingerprint density at radius 3 is 2.00 bits per heavy atom. The molecule has 0 aliphatic rings. The normalized spacial score (nSPS) is 11.8. The van der Waals surface area contributed by atoms with E-state index in [1.54, 1.807) is 11.8 Å². The second-order valence-electron chi connectivity index (χ2n) is 6.42. The fourth-order valence-electron chi connectivity index (χ4n) is 2.18. The summed E-state index contributed by atoms with van der Waals surface area (Å²) < 4.78 is 23.7. The Balaban J connectivity index is 1.94. The van der Waals surface area contributed by atoms with E-state index in [0.29, 0.717) is 11.6 Å². The summed E-state index contributed by atoms with van der Waals surface area (Å²) in [7, 11) is -2.00. The van der Waals surface area contributed by atoms with Crippen LogP contribution in [0.1, 0.15) is 25.3 Å². The van der Waals surface area contributed by atoms with Gasteiger partial charge < -0.3 is 5.32 Å². The summed E-state index contributed by atoms with van der Waals surface area (Å²) in [5.74, 6) is 0.140. The molecule has 0 aromatic heterocycles. The number of hydrogen-bond acceptors (Lipinski definition) is 4. The highest BCUT2D eigenvalue weighted by molar-refractivity contribution is 7.99. The summed E-state index contributed by atoms with van der Waals surface area (Å²) in [5, 5.41) is 2.70. The molecule has 1 N–H and O–H groups in total. The molecule has 0 aliphatic carbocycles. The number of nitrogens with one attached hydrogen (secondary N) is 1. The fourth-order valence-corrected chi connectivity index (χ4v) is 3.35. The van der Waals surface area contributed by atoms with E-state index in [1.807, 2.05) is 24.3 Å². The van der Waals surface area contributed by atoms with Crippen LogP contribution in [0.3, 0.4) is 0 Å². The summed E-state index contributed by atoms with van der Waals surface area (Å²) in [4.78, 5) is 14.1. The van der Waals surface area contributed by atoms with Gasteiger partial charge in [-0.05, 0) is 47.9 Å². The number of sulfonamides is 1. The molecule has 0 fully saturated rings. The Labute approximate surface area is 159 Å². The Bertz CT molecular complexity index is 845. The summed E-state index contributed by atoms with van der Waals surface area (Å²) in [5.41, 5.74) is 1.95. The maximum absolute atomic E-state index is 11.9. The number of nitrogens with zero attached hydrogens (tertiary/aromatic N) is 1. The van der Waals surface area contributed by atoms with Crippen molar-refractivity contribution >= 4 is 33.4 Å². The van der Waals surface area contributed by atoms with E-state index in [4.69, 9.17) is 0 Å². The second-order valence-corrected chi connectivity index (χ2v) is 9.65. The first-order valence-electron chi connectivity index (χ1n) is 8.24. The molecule has 26 heavy (non-hydrogen) atoms. The molecule has 0 unspecified atom stereocenters. The van der Waals surface area contributed by atoms with Crippen molar-refractivity contribution in [1.82, 2.24) is 4.31 Å². The highest BCUT2D eigenvalue weighted by Crippen LogP contribution is 2.29. The summed E-state index contributed by atoms with van der Waals surface area (Å²) >= 11 is 1.65. The Kier molecular flexibility index (Phi) is 6.86. The van der Waals surface area contributed by atoms with Crippen molar-refractivity contribution in [3.8, 4) is 0 Å². The largest absolute Gasteiger partial charge is 0.325 e. The van der Waals surface area contributed by atoms with Crippen LogP contribution in [-0.2, 0) is 14.8 Å². The maximum Gasteiger partial charge on any atom is 0.239 e. The lowest BCUT2D eigenvalue weighted by atomic mass is 10.0. The highest BCUT2D eigenvalue weighted by Gasteiger charge is 2.15. The minimum atomic E-state index is -3.37. The molecule has 1 amide bonds. The van der Waals surface area contributed by atoms with Crippen molar-refractivity contribution < 1.29 is 13.2 Å². The molecule has 7 heteroatoms.